The molecule has 0 spiro atoms. The maximum atomic E-state index is 13.3. The van der Waals surface area contributed by atoms with E-state index in [1.54, 1.807) is 12.1 Å². The third kappa shape index (κ3) is 3.27. The van der Waals surface area contributed by atoms with Crippen LogP contribution in [0.3, 0.4) is 0 Å². The monoisotopic (exact) mass is 336 g/mol. The summed E-state index contributed by atoms with van der Waals surface area (Å²) in [5, 5.41) is 3.66. The molecule has 0 aliphatic heterocycles. The van der Waals surface area contributed by atoms with Crippen LogP contribution in [0.4, 0.5) is 13.8 Å². The fourth-order valence-electron chi connectivity index (χ4n) is 2.53. The van der Waals surface area contributed by atoms with E-state index in [1.807, 2.05) is 6.92 Å². The molecule has 2 atom stereocenters. The van der Waals surface area contributed by atoms with Gasteiger partial charge >= 0.3 is 0 Å². The highest BCUT2D eigenvalue weighted by molar-refractivity contribution is 7.10. The molecule has 1 saturated carbocycles. The van der Waals surface area contributed by atoms with Gasteiger partial charge in [0.25, 0.3) is 5.92 Å². The predicted octanol–water partition coefficient (Wildman–Crippen LogP) is 4.82. The number of halogens is 2. The van der Waals surface area contributed by atoms with Gasteiger partial charge in [-0.15, -0.1) is 0 Å². The van der Waals surface area contributed by atoms with Crippen LogP contribution in [0.25, 0.3) is 11.3 Å². The van der Waals surface area contributed by atoms with E-state index >= 15 is 0 Å². The minimum atomic E-state index is -2.85. The zero-order valence-corrected chi connectivity index (χ0v) is 14.0. The average Bonchev–Trinajstić information content (AvgIpc) is 3.12. The largest absolute Gasteiger partial charge is 0.316 e. The molecule has 3 nitrogen and oxygen atoms in total. The van der Waals surface area contributed by atoms with Gasteiger partial charge in [0.2, 0.25) is 5.91 Å². The lowest BCUT2D eigenvalue weighted by molar-refractivity contribution is -0.117. The SMILES string of the molecule is Cc1c(-c2ccc(C(C)(F)F)cc2)nsc1NC(=O)[C@@H]1C[C@H]1C. The number of nitrogens with zero attached hydrogens (tertiary/aromatic N) is 1. The van der Waals surface area contributed by atoms with Crippen LogP contribution in [0.15, 0.2) is 24.3 Å². The Morgan fingerprint density at radius 3 is 2.48 bits per heavy atom. The Morgan fingerprint density at radius 2 is 1.96 bits per heavy atom. The third-order valence-electron chi connectivity index (χ3n) is 4.27. The van der Waals surface area contributed by atoms with Crippen molar-refractivity contribution in [2.45, 2.75) is 33.1 Å². The van der Waals surface area contributed by atoms with Crippen molar-refractivity contribution in [2.24, 2.45) is 11.8 Å². The minimum absolute atomic E-state index is 0.0228. The average molecular weight is 336 g/mol. The van der Waals surface area contributed by atoms with Gasteiger partial charge in [-0.3, -0.25) is 4.79 Å². The van der Waals surface area contributed by atoms with Gasteiger partial charge in [0.15, 0.2) is 0 Å². The van der Waals surface area contributed by atoms with E-state index in [2.05, 4.69) is 16.6 Å². The first-order valence-corrected chi connectivity index (χ1v) is 8.30. The molecule has 1 aromatic heterocycles. The van der Waals surface area contributed by atoms with Gasteiger partial charge in [0.05, 0.1) is 5.69 Å². The number of amides is 1. The molecule has 0 saturated heterocycles. The zero-order valence-electron chi connectivity index (χ0n) is 13.2. The number of benzene rings is 1. The van der Waals surface area contributed by atoms with Crippen LogP contribution in [0.1, 0.15) is 31.4 Å². The first kappa shape index (κ1) is 16.1. The molecule has 1 N–H and O–H groups in total. The van der Waals surface area contributed by atoms with Crippen LogP contribution < -0.4 is 5.32 Å². The van der Waals surface area contributed by atoms with Crippen molar-refractivity contribution in [3.05, 3.63) is 35.4 Å². The number of anilines is 1. The van der Waals surface area contributed by atoms with E-state index in [0.717, 1.165) is 35.2 Å². The Hall–Kier alpha value is -1.82. The summed E-state index contributed by atoms with van der Waals surface area (Å²) in [5.74, 6) is -2.26. The number of hydrogen-bond acceptors (Lipinski definition) is 3. The molecule has 0 bridgehead atoms. The molecule has 2 aromatic rings. The molecule has 1 aliphatic rings. The molecule has 1 aliphatic carbocycles. The van der Waals surface area contributed by atoms with E-state index in [9.17, 15) is 13.6 Å². The van der Waals surface area contributed by atoms with Crippen molar-refractivity contribution in [2.75, 3.05) is 5.32 Å². The Morgan fingerprint density at radius 1 is 1.35 bits per heavy atom. The van der Waals surface area contributed by atoms with E-state index in [-0.39, 0.29) is 17.4 Å². The fraction of sp³-hybridized carbons (Fsp3) is 0.412. The van der Waals surface area contributed by atoms with Crippen LogP contribution in [-0.4, -0.2) is 10.3 Å². The number of aromatic nitrogens is 1. The minimum Gasteiger partial charge on any atom is -0.316 e. The topological polar surface area (TPSA) is 42.0 Å². The zero-order chi connectivity index (χ0) is 16.8. The number of carbonyl (C=O) groups is 1. The molecule has 1 heterocycles. The summed E-state index contributed by atoms with van der Waals surface area (Å²) in [6.45, 7) is 4.82. The van der Waals surface area contributed by atoms with Gasteiger partial charge in [-0.2, -0.15) is 4.37 Å². The van der Waals surface area contributed by atoms with Crippen molar-refractivity contribution in [3.63, 3.8) is 0 Å². The van der Waals surface area contributed by atoms with Crippen molar-refractivity contribution in [1.82, 2.24) is 4.37 Å². The molecule has 6 heteroatoms. The summed E-state index contributed by atoms with van der Waals surface area (Å²) < 4.78 is 30.9. The van der Waals surface area contributed by atoms with E-state index in [0.29, 0.717) is 5.92 Å². The van der Waals surface area contributed by atoms with E-state index < -0.39 is 5.92 Å². The summed E-state index contributed by atoms with van der Waals surface area (Å²) in [6.07, 6.45) is 0.934. The lowest BCUT2D eigenvalue weighted by Gasteiger charge is -2.10. The fourth-order valence-corrected chi connectivity index (χ4v) is 3.34. The van der Waals surface area contributed by atoms with Crippen molar-refractivity contribution in [1.29, 1.82) is 0 Å². The first-order valence-electron chi connectivity index (χ1n) is 7.53. The maximum absolute atomic E-state index is 13.3. The molecule has 1 fully saturated rings. The van der Waals surface area contributed by atoms with Crippen molar-refractivity contribution >= 4 is 22.4 Å². The smallest absolute Gasteiger partial charge is 0.270 e. The van der Waals surface area contributed by atoms with Gasteiger partial charge in [0.1, 0.15) is 5.00 Å². The third-order valence-corrected chi connectivity index (χ3v) is 5.14. The van der Waals surface area contributed by atoms with Crippen LogP contribution in [-0.2, 0) is 10.7 Å². The number of carbonyl (C=O) groups excluding carboxylic acids is 1. The normalized spacial score (nSPS) is 20.4. The molecule has 1 amide bonds. The van der Waals surface area contributed by atoms with Crippen molar-refractivity contribution < 1.29 is 13.6 Å². The predicted molar refractivity (Wildman–Crippen MR) is 87.8 cm³/mol. The molecule has 122 valence electrons. The Labute approximate surface area is 137 Å². The van der Waals surface area contributed by atoms with Crippen LogP contribution >= 0.6 is 11.5 Å². The highest BCUT2D eigenvalue weighted by atomic mass is 32.1. The van der Waals surface area contributed by atoms with Crippen LogP contribution in [0.2, 0.25) is 0 Å². The summed E-state index contributed by atoms with van der Waals surface area (Å²) >= 11 is 1.23. The van der Waals surface area contributed by atoms with Gasteiger partial charge < -0.3 is 5.32 Å². The summed E-state index contributed by atoms with van der Waals surface area (Å²) in [7, 11) is 0. The van der Waals surface area contributed by atoms with E-state index in [4.69, 9.17) is 0 Å². The second-order valence-electron chi connectivity index (χ2n) is 6.26. The number of rotatable bonds is 4. The standard InChI is InChI=1S/C17H18F2N2OS/c1-9-8-13(9)15(22)20-16-10(2)14(21-23-16)11-4-6-12(7-5-11)17(3,18)19/h4-7,9,13H,8H2,1-3H3,(H,20,22)/t9-,13-/m1/s1. The quantitative estimate of drug-likeness (QED) is 0.869. The molecular weight excluding hydrogens is 318 g/mol. The molecule has 3 rings (SSSR count). The number of alkyl halides is 2. The highest BCUT2D eigenvalue weighted by Gasteiger charge is 2.39. The van der Waals surface area contributed by atoms with Gasteiger partial charge in [-0.1, -0.05) is 31.2 Å². The van der Waals surface area contributed by atoms with Crippen molar-refractivity contribution in [3.8, 4) is 11.3 Å². The number of hydrogen-bond donors (Lipinski definition) is 1. The highest BCUT2D eigenvalue weighted by Crippen LogP contribution is 2.40. The number of nitrogens with one attached hydrogen (secondary N) is 1. The summed E-state index contributed by atoms with van der Waals surface area (Å²) in [4.78, 5) is 12.0. The van der Waals surface area contributed by atoms with Gasteiger partial charge in [-0.05, 0) is 30.8 Å². The van der Waals surface area contributed by atoms with Gasteiger partial charge in [-0.25, -0.2) is 8.78 Å². The van der Waals surface area contributed by atoms with Gasteiger partial charge in [0, 0.05) is 29.5 Å². The maximum Gasteiger partial charge on any atom is 0.270 e. The summed E-state index contributed by atoms with van der Waals surface area (Å²) in [5.41, 5.74) is 2.34. The second-order valence-corrected chi connectivity index (χ2v) is 7.03. The molecule has 1 aromatic carbocycles. The Balaban J connectivity index is 1.80. The molecular formula is C17H18F2N2OS. The Bertz CT molecular complexity index is 734. The molecule has 0 unspecified atom stereocenters. The van der Waals surface area contributed by atoms with Crippen LogP contribution in [0.5, 0.6) is 0 Å². The molecule has 23 heavy (non-hydrogen) atoms. The Kier molecular flexibility index (Phi) is 3.96. The first-order chi connectivity index (χ1) is 10.8. The van der Waals surface area contributed by atoms with Crippen LogP contribution in [0, 0.1) is 18.8 Å². The lowest BCUT2D eigenvalue weighted by Crippen LogP contribution is -2.14. The second kappa shape index (κ2) is 5.67. The van der Waals surface area contributed by atoms with E-state index in [1.165, 1.54) is 23.7 Å². The molecule has 0 radical (unpaired) electrons. The lowest BCUT2D eigenvalue weighted by atomic mass is 10.0. The summed E-state index contributed by atoms with van der Waals surface area (Å²) in [6, 6.07) is 6.11.